The van der Waals surface area contributed by atoms with Gasteiger partial charge in [0, 0.05) is 25.5 Å². The van der Waals surface area contributed by atoms with Gasteiger partial charge in [-0.1, -0.05) is 20.8 Å². The van der Waals surface area contributed by atoms with E-state index in [1.165, 1.54) is 7.11 Å². The number of aromatic nitrogens is 1. The van der Waals surface area contributed by atoms with Crippen molar-refractivity contribution in [1.29, 1.82) is 5.26 Å². The van der Waals surface area contributed by atoms with Gasteiger partial charge >= 0.3 is 0 Å². The van der Waals surface area contributed by atoms with Crippen LogP contribution in [0.3, 0.4) is 0 Å². The van der Waals surface area contributed by atoms with Gasteiger partial charge in [0.2, 0.25) is 11.8 Å². The Balaban J connectivity index is 1.50. The van der Waals surface area contributed by atoms with E-state index in [2.05, 4.69) is 36.7 Å². The number of ether oxygens (including phenoxy) is 3. The molecule has 174 valence electrons. The number of benzene rings is 1. The van der Waals surface area contributed by atoms with Crippen LogP contribution in [0, 0.1) is 16.7 Å². The molecule has 0 spiro atoms. The smallest absolute Gasteiger partial charge is 0.231 e. The summed E-state index contributed by atoms with van der Waals surface area (Å²) >= 11 is 0. The average Bonchev–Trinajstić information content (AvgIpc) is 3.26. The quantitative estimate of drug-likeness (QED) is 0.682. The van der Waals surface area contributed by atoms with E-state index in [9.17, 15) is 10.1 Å². The molecule has 0 radical (unpaired) electrons. The minimum absolute atomic E-state index is 0.0281. The van der Waals surface area contributed by atoms with Crippen molar-refractivity contribution in [3.8, 4) is 23.4 Å². The molecular weight excluding hydrogens is 420 g/mol. The summed E-state index contributed by atoms with van der Waals surface area (Å²) in [7, 11) is 1.50. The van der Waals surface area contributed by atoms with Gasteiger partial charge in [-0.05, 0) is 23.6 Å². The fraction of sp³-hybridized carbons (Fsp3) is 0.480. The number of methoxy groups -OCH3 is 1. The van der Waals surface area contributed by atoms with E-state index < -0.39 is 0 Å². The van der Waals surface area contributed by atoms with Crippen LogP contribution in [0.4, 0.5) is 11.4 Å². The lowest BCUT2D eigenvalue weighted by molar-refractivity contribution is -0.132. The van der Waals surface area contributed by atoms with Gasteiger partial charge in [0.1, 0.15) is 35.8 Å². The largest absolute Gasteiger partial charge is 0.490 e. The SMILES string of the molecule is COc1ncc(N2CCOc3ccc(OC4CCN(C(=O)CC(C)(C)C)C4)cc32)cc1C#N. The molecule has 0 N–H and O–H groups in total. The summed E-state index contributed by atoms with van der Waals surface area (Å²) in [6.45, 7) is 8.69. The maximum absolute atomic E-state index is 12.6. The maximum Gasteiger partial charge on any atom is 0.231 e. The second-order valence-corrected chi connectivity index (χ2v) is 9.60. The summed E-state index contributed by atoms with van der Waals surface area (Å²) in [4.78, 5) is 20.8. The molecular formula is C25H30N4O4. The van der Waals surface area contributed by atoms with Crippen molar-refractivity contribution in [3.63, 3.8) is 0 Å². The van der Waals surface area contributed by atoms with Crippen LogP contribution in [0.25, 0.3) is 0 Å². The summed E-state index contributed by atoms with van der Waals surface area (Å²) in [6, 6.07) is 9.65. The Morgan fingerprint density at radius 3 is 2.85 bits per heavy atom. The lowest BCUT2D eigenvalue weighted by Gasteiger charge is -2.31. The van der Waals surface area contributed by atoms with E-state index in [1.54, 1.807) is 12.3 Å². The fourth-order valence-electron chi connectivity index (χ4n) is 4.18. The average molecular weight is 451 g/mol. The van der Waals surface area contributed by atoms with Gasteiger partial charge in [0.25, 0.3) is 0 Å². The number of pyridine rings is 1. The predicted octanol–water partition coefficient (Wildman–Crippen LogP) is 3.91. The van der Waals surface area contributed by atoms with Crippen LogP contribution >= 0.6 is 0 Å². The first kappa shape index (κ1) is 22.7. The highest BCUT2D eigenvalue weighted by molar-refractivity contribution is 5.77. The molecule has 2 aliphatic rings. The number of nitrogens with zero attached hydrogens (tertiary/aromatic N) is 4. The zero-order valence-corrected chi connectivity index (χ0v) is 19.6. The van der Waals surface area contributed by atoms with E-state index in [0.29, 0.717) is 44.1 Å². The van der Waals surface area contributed by atoms with E-state index in [0.717, 1.165) is 29.3 Å². The molecule has 1 aromatic carbocycles. The number of rotatable bonds is 5. The van der Waals surface area contributed by atoms with Gasteiger partial charge in [0.05, 0.1) is 37.8 Å². The second kappa shape index (κ2) is 9.18. The van der Waals surface area contributed by atoms with Crippen LogP contribution in [0.2, 0.25) is 0 Å². The Labute approximate surface area is 194 Å². The molecule has 33 heavy (non-hydrogen) atoms. The predicted molar refractivity (Wildman–Crippen MR) is 124 cm³/mol. The van der Waals surface area contributed by atoms with E-state index in [4.69, 9.17) is 14.2 Å². The first-order valence-electron chi connectivity index (χ1n) is 11.2. The Bertz CT molecular complexity index is 1070. The zero-order valence-electron chi connectivity index (χ0n) is 19.6. The van der Waals surface area contributed by atoms with Crippen molar-refractivity contribution < 1.29 is 19.0 Å². The Kier molecular flexibility index (Phi) is 6.32. The Morgan fingerprint density at radius 2 is 2.12 bits per heavy atom. The third kappa shape index (κ3) is 5.14. The van der Waals surface area contributed by atoms with Crippen LogP contribution in [0.5, 0.6) is 17.4 Å². The number of carbonyl (C=O) groups excluding carboxylic acids is 1. The molecule has 8 heteroatoms. The van der Waals surface area contributed by atoms with E-state index in [1.807, 2.05) is 23.1 Å². The molecule has 1 saturated heterocycles. The van der Waals surface area contributed by atoms with Gasteiger partial charge < -0.3 is 24.0 Å². The minimum Gasteiger partial charge on any atom is -0.490 e. The van der Waals surface area contributed by atoms with Crippen molar-refractivity contribution in [1.82, 2.24) is 9.88 Å². The molecule has 1 fully saturated rings. The number of nitriles is 1. The van der Waals surface area contributed by atoms with Gasteiger partial charge in [-0.3, -0.25) is 4.79 Å². The van der Waals surface area contributed by atoms with Gasteiger partial charge in [-0.25, -0.2) is 4.98 Å². The van der Waals surface area contributed by atoms with E-state index >= 15 is 0 Å². The van der Waals surface area contributed by atoms with Gasteiger partial charge in [0.15, 0.2) is 0 Å². The van der Waals surface area contributed by atoms with Crippen LogP contribution in [-0.2, 0) is 4.79 Å². The second-order valence-electron chi connectivity index (χ2n) is 9.60. The van der Waals surface area contributed by atoms with E-state index in [-0.39, 0.29) is 17.4 Å². The zero-order chi connectivity index (χ0) is 23.6. The molecule has 1 atom stereocenters. The number of likely N-dealkylation sites (tertiary alicyclic amines) is 1. The monoisotopic (exact) mass is 450 g/mol. The molecule has 1 amide bonds. The first-order chi connectivity index (χ1) is 15.8. The number of fused-ring (bicyclic) bond motifs is 1. The highest BCUT2D eigenvalue weighted by Gasteiger charge is 2.30. The van der Waals surface area contributed by atoms with Crippen LogP contribution in [0.15, 0.2) is 30.5 Å². The molecule has 1 aromatic heterocycles. The molecule has 3 heterocycles. The third-order valence-electron chi connectivity index (χ3n) is 5.74. The topological polar surface area (TPSA) is 87.9 Å². The first-order valence-corrected chi connectivity index (χ1v) is 11.2. The van der Waals surface area contributed by atoms with Crippen molar-refractivity contribution in [2.24, 2.45) is 5.41 Å². The number of anilines is 2. The summed E-state index contributed by atoms with van der Waals surface area (Å²) in [5.41, 5.74) is 1.99. The number of amides is 1. The lowest BCUT2D eigenvalue weighted by atomic mass is 9.92. The van der Waals surface area contributed by atoms with Crippen molar-refractivity contribution in [2.75, 3.05) is 38.3 Å². The molecule has 0 bridgehead atoms. The number of hydrogen-bond donors (Lipinski definition) is 0. The molecule has 4 rings (SSSR count). The van der Waals surface area contributed by atoms with Crippen molar-refractivity contribution >= 4 is 17.3 Å². The molecule has 1 unspecified atom stereocenters. The normalized spacial score (nSPS) is 17.7. The molecule has 2 aromatic rings. The minimum atomic E-state index is -0.0437. The standard InChI is InChI=1S/C25H30N4O4/c1-25(2,3)13-23(30)28-8-7-20(16-28)33-19-5-6-22-21(12-19)29(9-10-32-22)18-11-17(14-26)24(31-4)27-15-18/h5-6,11-12,15,20H,7-10,13,16H2,1-4H3. The Hall–Kier alpha value is -3.47. The summed E-state index contributed by atoms with van der Waals surface area (Å²) in [5.74, 6) is 1.95. The molecule has 2 aliphatic heterocycles. The maximum atomic E-state index is 12.6. The lowest BCUT2D eigenvalue weighted by Crippen LogP contribution is -2.33. The fourth-order valence-corrected chi connectivity index (χ4v) is 4.18. The highest BCUT2D eigenvalue weighted by atomic mass is 16.5. The van der Waals surface area contributed by atoms with Crippen molar-refractivity contribution in [3.05, 3.63) is 36.0 Å². The summed E-state index contributed by atoms with van der Waals surface area (Å²) < 4.78 is 17.3. The highest BCUT2D eigenvalue weighted by Crippen LogP contribution is 2.40. The summed E-state index contributed by atoms with van der Waals surface area (Å²) in [6.07, 6.45) is 2.99. The molecule has 0 aliphatic carbocycles. The molecule has 0 saturated carbocycles. The van der Waals surface area contributed by atoms with Gasteiger partial charge in [-0.15, -0.1) is 0 Å². The van der Waals surface area contributed by atoms with Crippen LogP contribution in [0.1, 0.15) is 39.2 Å². The summed E-state index contributed by atoms with van der Waals surface area (Å²) in [5, 5.41) is 9.43. The van der Waals surface area contributed by atoms with Crippen LogP contribution < -0.4 is 19.1 Å². The molecule has 8 nitrogen and oxygen atoms in total. The Morgan fingerprint density at radius 1 is 1.30 bits per heavy atom. The number of hydrogen-bond acceptors (Lipinski definition) is 7. The van der Waals surface area contributed by atoms with Crippen molar-refractivity contribution in [2.45, 2.75) is 39.7 Å². The van der Waals surface area contributed by atoms with Crippen LogP contribution in [-0.4, -0.2) is 55.2 Å². The third-order valence-corrected chi connectivity index (χ3v) is 5.74. The van der Waals surface area contributed by atoms with Gasteiger partial charge in [-0.2, -0.15) is 5.26 Å². The number of carbonyl (C=O) groups is 1.